The molecule has 1 unspecified atom stereocenters. The minimum atomic E-state index is -0.491. The molecule has 1 amide bonds. The molecule has 1 aromatic rings. The highest BCUT2D eigenvalue weighted by Gasteiger charge is 2.20. The summed E-state index contributed by atoms with van der Waals surface area (Å²) >= 11 is 0. The molecule has 0 saturated carbocycles. The molecule has 0 aromatic heterocycles. The number of aryl methyl sites for hydroxylation is 1. The normalized spacial score (nSPS) is 11.6. The first-order valence-electron chi connectivity index (χ1n) is 5.82. The Kier molecular flexibility index (Phi) is 4.71. The molecular formula is C14H18N2O. The molecule has 3 nitrogen and oxygen atoms in total. The van der Waals surface area contributed by atoms with E-state index in [4.69, 9.17) is 0 Å². The van der Waals surface area contributed by atoms with Crippen LogP contribution in [0.25, 0.3) is 0 Å². The van der Waals surface area contributed by atoms with Crippen molar-refractivity contribution in [1.82, 2.24) is 4.90 Å². The van der Waals surface area contributed by atoms with Gasteiger partial charge in [0.2, 0.25) is 5.91 Å². The number of rotatable bonds is 4. The van der Waals surface area contributed by atoms with Gasteiger partial charge in [-0.05, 0) is 18.9 Å². The van der Waals surface area contributed by atoms with Crippen molar-refractivity contribution in [2.75, 3.05) is 7.05 Å². The van der Waals surface area contributed by atoms with Crippen molar-refractivity contribution in [1.29, 1.82) is 5.26 Å². The number of nitriles is 1. The quantitative estimate of drug-likeness (QED) is 0.798. The molecule has 0 bridgehead atoms. The Labute approximate surface area is 103 Å². The first-order valence-corrected chi connectivity index (χ1v) is 5.82. The Morgan fingerprint density at radius 1 is 1.41 bits per heavy atom. The summed E-state index contributed by atoms with van der Waals surface area (Å²) in [6, 6.07) is 9.41. The number of carbonyl (C=O) groups is 1. The average molecular weight is 230 g/mol. The fourth-order valence-electron chi connectivity index (χ4n) is 1.67. The third-order valence-corrected chi connectivity index (χ3v) is 2.76. The first-order chi connectivity index (χ1) is 8.10. The number of benzene rings is 1. The minimum Gasteiger partial charge on any atom is -0.326 e. The van der Waals surface area contributed by atoms with E-state index < -0.39 is 6.04 Å². The Morgan fingerprint density at radius 2 is 2.00 bits per heavy atom. The molecule has 0 saturated heterocycles. The van der Waals surface area contributed by atoms with Crippen LogP contribution in [0.2, 0.25) is 0 Å². The molecule has 0 aliphatic carbocycles. The third kappa shape index (κ3) is 3.32. The summed E-state index contributed by atoms with van der Waals surface area (Å²) in [6.45, 7) is 3.95. The molecule has 0 radical (unpaired) electrons. The van der Waals surface area contributed by atoms with Crippen LogP contribution < -0.4 is 0 Å². The maximum Gasteiger partial charge on any atom is 0.223 e. The van der Waals surface area contributed by atoms with Crippen LogP contribution in [0.3, 0.4) is 0 Å². The van der Waals surface area contributed by atoms with E-state index in [9.17, 15) is 10.1 Å². The Morgan fingerprint density at radius 3 is 2.47 bits per heavy atom. The second-order valence-corrected chi connectivity index (χ2v) is 4.20. The van der Waals surface area contributed by atoms with Gasteiger partial charge in [-0.25, -0.2) is 0 Å². The Balaban J connectivity index is 2.88. The first kappa shape index (κ1) is 13.2. The van der Waals surface area contributed by atoms with Crippen LogP contribution in [0.4, 0.5) is 0 Å². The van der Waals surface area contributed by atoms with E-state index in [1.807, 2.05) is 38.1 Å². The largest absolute Gasteiger partial charge is 0.326 e. The van der Waals surface area contributed by atoms with Crippen molar-refractivity contribution in [3.8, 4) is 6.07 Å². The van der Waals surface area contributed by atoms with Crippen molar-refractivity contribution in [2.45, 2.75) is 32.7 Å². The summed E-state index contributed by atoms with van der Waals surface area (Å²) in [6.07, 6.45) is 1.29. The van der Waals surface area contributed by atoms with E-state index >= 15 is 0 Å². The van der Waals surface area contributed by atoms with Gasteiger partial charge in [0.15, 0.2) is 0 Å². The van der Waals surface area contributed by atoms with Gasteiger partial charge in [-0.3, -0.25) is 4.79 Å². The predicted octanol–water partition coefficient (Wildman–Crippen LogP) is 2.82. The van der Waals surface area contributed by atoms with Gasteiger partial charge in [0.05, 0.1) is 6.07 Å². The van der Waals surface area contributed by atoms with Gasteiger partial charge >= 0.3 is 0 Å². The molecule has 90 valence electrons. The van der Waals surface area contributed by atoms with E-state index in [0.29, 0.717) is 6.42 Å². The molecule has 0 spiro atoms. The maximum absolute atomic E-state index is 11.8. The van der Waals surface area contributed by atoms with Crippen LogP contribution in [-0.4, -0.2) is 17.9 Å². The number of hydrogen-bond acceptors (Lipinski definition) is 2. The van der Waals surface area contributed by atoms with Gasteiger partial charge in [-0.2, -0.15) is 5.26 Å². The lowest BCUT2D eigenvalue weighted by atomic mass is 10.0. The van der Waals surface area contributed by atoms with E-state index in [1.54, 1.807) is 7.05 Å². The van der Waals surface area contributed by atoms with Crippen molar-refractivity contribution in [2.24, 2.45) is 0 Å². The smallest absolute Gasteiger partial charge is 0.223 e. The van der Waals surface area contributed by atoms with Gasteiger partial charge in [0, 0.05) is 13.5 Å². The highest BCUT2D eigenvalue weighted by molar-refractivity contribution is 5.76. The van der Waals surface area contributed by atoms with Crippen LogP contribution in [-0.2, 0) is 4.79 Å². The van der Waals surface area contributed by atoms with E-state index in [0.717, 1.165) is 17.5 Å². The zero-order valence-corrected chi connectivity index (χ0v) is 10.6. The highest BCUT2D eigenvalue weighted by atomic mass is 16.2. The zero-order valence-electron chi connectivity index (χ0n) is 10.6. The van der Waals surface area contributed by atoms with Crippen LogP contribution in [0.15, 0.2) is 24.3 Å². The van der Waals surface area contributed by atoms with Gasteiger partial charge in [0.25, 0.3) is 0 Å². The number of nitrogens with zero attached hydrogens (tertiary/aromatic N) is 2. The summed E-state index contributed by atoms with van der Waals surface area (Å²) in [7, 11) is 1.69. The monoisotopic (exact) mass is 230 g/mol. The van der Waals surface area contributed by atoms with Gasteiger partial charge in [-0.1, -0.05) is 36.8 Å². The molecule has 0 fully saturated rings. The van der Waals surface area contributed by atoms with Crippen molar-refractivity contribution >= 4 is 5.91 Å². The van der Waals surface area contributed by atoms with Crippen molar-refractivity contribution < 1.29 is 4.79 Å². The lowest BCUT2D eigenvalue weighted by Crippen LogP contribution is -2.30. The maximum atomic E-state index is 11.8. The average Bonchev–Trinajstić information content (AvgIpc) is 2.32. The second-order valence-electron chi connectivity index (χ2n) is 4.20. The molecule has 3 heteroatoms. The minimum absolute atomic E-state index is 0.0135. The van der Waals surface area contributed by atoms with E-state index in [1.165, 1.54) is 4.90 Å². The number of hydrogen-bond donors (Lipinski definition) is 0. The van der Waals surface area contributed by atoms with Gasteiger partial charge in [-0.15, -0.1) is 0 Å². The summed E-state index contributed by atoms with van der Waals surface area (Å²) in [5.74, 6) is 0.0135. The summed E-state index contributed by atoms with van der Waals surface area (Å²) in [4.78, 5) is 13.3. The van der Waals surface area contributed by atoms with Crippen LogP contribution in [0, 0.1) is 18.3 Å². The summed E-state index contributed by atoms with van der Waals surface area (Å²) in [5, 5.41) is 9.19. The SMILES string of the molecule is CCCC(=O)N(C)C(C#N)c1ccc(C)cc1. The fourth-order valence-corrected chi connectivity index (χ4v) is 1.67. The van der Waals surface area contributed by atoms with Crippen molar-refractivity contribution in [3.63, 3.8) is 0 Å². The molecule has 1 rings (SSSR count). The highest BCUT2D eigenvalue weighted by Crippen LogP contribution is 2.20. The van der Waals surface area contributed by atoms with Gasteiger partial charge in [0.1, 0.15) is 6.04 Å². The molecule has 17 heavy (non-hydrogen) atoms. The third-order valence-electron chi connectivity index (χ3n) is 2.76. The van der Waals surface area contributed by atoms with Crippen LogP contribution >= 0.6 is 0 Å². The number of amides is 1. The molecular weight excluding hydrogens is 212 g/mol. The summed E-state index contributed by atoms with van der Waals surface area (Å²) in [5.41, 5.74) is 2.01. The molecule has 0 N–H and O–H groups in total. The Hall–Kier alpha value is -1.82. The standard InChI is InChI=1S/C14H18N2O/c1-4-5-14(17)16(3)13(10-15)12-8-6-11(2)7-9-12/h6-9,13H,4-5H2,1-3H3. The lowest BCUT2D eigenvalue weighted by molar-refractivity contribution is -0.131. The molecule has 0 heterocycles. The van der Waals surface area contributed by atoms with Crippen LogP contribution in [0.5, 0.6) is 0 Å². The van der Waals surface area contributed by atoms with E-state index in [2.05, 4.69) is 6.07 Å². The van der Waals surface area contributed by atoms with Crippen molar-refractivity contribution in [3.05, 3.63) is 35.4 Å². The zero-order chi connectivity index (χ0) is 12.8. The fraction of sp³-hybridized carbons (Fsp3) is 0.429. The Bertz CT molecular complexity index is 417. The predicted molar refractivity (Wildman–Crippen MR) is 67.2 cm³/mol. The second kappa shape index (κ2) is 6.05. The molecule has 0 aliphatic rings. The topological polar surface area (TPSA) is 44.1 Å². The number of carbonyl (C=O) groups excluding carboxylic acids is 1. The molecule has 1 aromatic carbocycles. The lowest BCUT2D eigenvalue weighted by Gasteiger charge is -2.23. The molecule has 0 aliphatic heterocycles. The van der Waals surface area contributed by atoms with E-state index in [-0.39, 0.29) is 5.91 Å². The van der Waals surface area contributed by atoms with Crippen LogP contribution in [0.1, 0.15) is 36.9 Å². The van der Waals surface area contributed by atoms with Gasteiger partial charge < -0.3 is 4.90 Å². The molecule has 1 atom stereocenters. The summed E-state index contributed by atoms with van der Waals surface area (Å²) < 4.78 is 0.